The van der Waals surface area contributed by atoms with Gasteiger partial charge in [0.25, 0.3) is 5.56 Å². The molecule has 3 aromatic heterocycles. The van der Waals surface area contributed by atoms with E-state index < -0.39 is 11.7 Å². The molecule has 0 radical (unpaired) electrons. The van der Waals surface area contributed by atoms with E-state index in [1.807, 2.05) is 34.9 Å². The Labute approximate surface area is 212 Å². The average molecular weight is 527 g/mol. The van der Waals surface area contributed by atoms with Crippen molar-refractivity contribution in [3.8, 4) is 0 Å². The molecule has 0 atom stereocenters. The molecule has 5 aromatic rings. The van der Waals surface area contributed by atoms with Crippen LogP contribution in [-0.2, 0) is 31.3 Å². The molecule has 1 aliphatic rings. The number of nitrogens with zero attached hydrogens (tertiary/aromatic N) is 3. The number of thioether (sulfide) groups is 1. The van der Waals surface area contributed by atoms with E-state index in [4.69, 9.17) is 4.98 Å². The first-order valence-corrected chi connectivity index (χ1v) is 13.4. The lowest BCUT2D eigenvalue weighted by Gasteiger charge is -2.10. The van der Waals surface area contributed by atoms with Gasteiger partial charge < -0.3 is 9.55 Å². The maximum atomic E-state index is 13.3. The van der Waals surface area contributed by atoms with Crippen molar-refractivity contribution in [1.29, 1.82) is 0 Å². The van der Waals surface area contributed by atoms with Crippen molar-refractivity contribution in [2.24, 2.45) is 0 Å². The van der Waals surface area contributed by atoms with Gasteiger partial charge in [-0.3, -0.25) is 4.79 Å². The number of benzene rings is 2. The molecule has 1 N–H and O–H groups in total. The van der Waals surface area contributed by atoms with Gasteiger partial charge in [-0.1, -0.05) is 42.1 Å². The quantitative estimate of drug-likeness (QED) is 0.263. The van der Waals surface area contributed by atoms with E-state index >= 15 is 0 Å². The Kier molecular flexibility index (Phi) is 5.88. The molecule has 0 unspecified atom stereocenters. The summed E-state index contributed by atoms with van der Waals surface area (Å²) in [5.41, 5.74) is 2.20. The topological polar surface area (TPSA) is 63.6 Å². The number of thiophene rings is 1. The number of aromatic amines is 1. The van der Waals surface area contributed by atoms with Crippen molar-refractivity contribution in [2.45, 2.75) is 49.3 Å². The van der Waals surface area contributed by atoms with Crippen molar-refractivity contribution < 1.29 is 13.2 Å². The number of halogens is 3. The number of nitrogens with one attached hydrogen (secondary N) is 1. The van der Waals surface area contributed by atoms with Gasteiger partial charge in [-0.05, 0) is 55.0 Å². The van der Waals surface area contributed by atoms with Crippen molar-refractivity contribution >= 4 is 44.3 Å². The van der Waals surface area contributed by atoms with Crippen LogP contribution in [0.25, 0.3) is 21.3 Å². The number of hydrogen-bond donors (Lipinski definition) is 1. The molecule has 2 aromatic carbocycles. The summed E-state index contributed by atoms with van der Waals surface area (Å²) >= 11 is 2.95. The van der Waals surface area contributed by atoms with Crippen LogP contribution in [0.4, 0.5) is 13.2 Å². The number of H-pyrrole nitrogens is 1. The minimum Gasteiger partial charge on any atom is -0.314 e. The molecule has 0 aliphatic heterocycles. The molecule has 5 nitrogen and oxygen atoms in total. The SMILES string of the molecule is O=c1[nH]c(CSc2nc3cc(C(F)(F)F)ccc3n2Cc2ccccc2)nc2sc3c(c12)CCCC3. The van der Waals surface area contributed by atoms with Crippen LogP contribution in [0.2, 0.25) is 0 Å². The molecule has 0 saturated carbocycles. The number of alkyl halides is 3. The number of fused-ring (bicyclic) bond motifs is 4. The zero-order valence-electron chi connectivity index (χ0n) is 19.1. The molecule has 6 rings (SSSR count). The maximum absolute atomic E-state index is 13.3. The van der Waals surface area contributed by atoms with Gasteiger partial charge in [-0.2, -0.15) is 13.2 Å². The van der Waals surface area contributed by atoms with Crippen LogP contribution in [0.3, 0.4) is 0 Å². The summed E-state index contributed by atoms with van der Waals surface area (Å²) < 4.78 is 41.8. The zero-order valence-corrected chi connectivity index (χ0v) is 20.7. The van der Waals surface area contributed by atoms with E-state index in [0.29, 0.717) is 34.2 Å². The van der Waals surface area contributed by atoms with E-state index in [-0.39, 0.29) is 11.1 Å². The molecular weight excluding hydrogens is 505 g/mol. The first-order valence-electron chi connectivity index (χ1n) is 11.6. The Morgan fingerprint density at radius 2 is 1.86 bits per heavy atom. The number of aromatic nitrogens is 4. The minimum absolute atomic E-state index is 0.123. The summed E-state index contributed by atoms with van der Waals surface area (Å²) in [6.07, 6.45) is -0.317. The number of imidazole rings is 1. The Hall–Kier alpha value is -3.11. The first-order chi connectivity index (χ1) is 17.4. The van der Waals surface area contributed by atoms with Gasteiger partial charge >= 0.3 is 6.18 Å². The summed E-state index contributed by atoms with van der Waals surface area (Å²) in [5, 5.41) is 1.28. The zero-order chi connectivity index (χ0) is 24.9. The standard InChI is InChI=1S/C26H21F3N4OS2/c27-26(28,29)16-10-11-19-18(12-16)30-25(33(19)13-15-6-2-1-3-7-15)35-14-21-31-23(34)22-17-8-4-5-9-20(17)36-24(22)32-21/h1-3,6-7,10-12H,4-5,8-9,13-14H2,(H,31,32,34). The summed E-state index contributed by atoms with van der Waals surface area (Å²) in [6, 6.07) is 13.4. The van der Waals surface area contributed by atoms with E-state index in [1.165, 1.54) is 22.7 Å². The Balaban J connectivity index is 1.36. The highest BCUT2D eigenvalue weighted by atomic mass is 32.2. The van der Waals surface area contributed by atoms with Crippen LogP contribution in [0.5, 0.6) is 0 Å². The highest BCUT2D eigenvalue weighted by Crippen LogP contribution is 2.35. The van der Waals surface area contributed by atoms with Gasteiger partial charge in [0.1, 0.15) is 10.7 Å². The van der Waals surface area contributed by atoms with Gasteiger partial charge in [0.05, 0.1) is 34.3 Å². The minimum atomic E-state index is -4.44. The van der Waals surface area contributed by atoms with Crippen LogP contribution in [-0.4, -0.2) is 19.5 Å². The third-order valence-electron chi connectivity index (χ3n) is 6.44. The van der Waals surface area contributed by atoms with Crippen LogP contribution >= 0.6 is 23.1 Å². The lowest BCUT2D eigenvalue weighted by Crippen LogP contribution is -2.12. The summed E-state index contributed by atoms with van der Waals surface area (Å²) in [4.78, 5) is 27.1. The summed E-state index contributed by atoms with van der Waals surface area (Å²) in [6.45, 7) is 0.464. The average Bonchev–Trinajstić information content (AvgIpc) is 3.40. The second-order valence-corrected chi connectivity index (χ2v) is 10.9. The molecule has 184 valence electrons. The van der Waals surface area contributed by atoms with Gasteiger partial charge in [-0.15, -0.1) is 11.3 Å². The smallest absolute Gasteiger partial charge is 0.314 e. The molecule has 0 bridgehead atoms. The third kappa shape index (κ3) is 4.32. The molecule has 0 fully saturated rings. The van der Waals surface area contributed by atoms with Crippen molar-refractivity contribution in [2.75, 3.05) is 0 Å². The van der Waals surface area contributed by atoms with Crippen molar-refractivity contribution in [1.82, 2.24) is 19.5 Å². The largest absolute Gasteiger partial charge is 0.416 e. The molecule has 1 aliphatic carbocycles. The normalized spacial score (nSPS) is 14.0. The molecule has 0 spiro atoms. The highest BCUT2D eigenvalue weighted by Gasteiger charge is 2.31. The summed E-state index contributed by atoms with van der Waals surface area (Å²) in [7, 11) is 0. The van der Waals surface area contributed by atoms with E-state index in [9.17, 15) is 18.0 Å². The van der Waals surface area contributed by atoms with Crippen molar-refractivity contribution in [3.63, 3.8) is 0 Å². The Morgan fingerprint density at radius 3 is 2.67 bits per heavy atom. The molecule has 0 saturated heterocycles. The van der Waals surface area contributed by atoms with Gasteiger partial charge in [0, 0.05) is 4.88 Å². The molecule has 36 heavy (non-hydrogen) atoms. The number of hydrogen-bond acceptors (Lipinski definition) is 5. The summed E-state index contributed by atoms with van der Waals surface area (Å²) in [5.74, 6) is 0.878. The molecule has 3 heterocycles. The Morgan fingerprint density at radius 1 is 1.06 bits per heavy atom. The molecule has 10 heteroatoms. The fourth-order valence-electron chi connectivity index (χ4n) is 4.72. The third-order valence-corrected chi connectivity index (χ3v) is 8.61. The van der Waals surface area contributed by atoms with Crippen molar-refractivity contribution in [3.05, 3.63) is 86.3 Å². The monoisotopic (exact) mass is 526 g/mol. The predicted molar refractivity (Wildman–Crippen MR) is 137 cm³/mol. The van der Waals surface area contributed by atoms with Gasteiger partial charge in [0.2, 0.25) is 0 Å². The van der Waals surface area contributed by atoms with E-state index in [0.717, 1.165) is 53.8 Å². The van der Waals surface area contributed by atoms with Crippen LogP contribution in [0.15, 0.2) is 58.5 Å². The lowest BCUT2D eigenvalue weighted by atomic mass is 9.97. The second kappa shape index (κ2) is 9.08. The van der Waals surface area contributed by atoms with Gasteiger partial charge in [-0.25, -0.2) is 9.97 Å². The number of rotatable bonds is 5. The van der Waals surface area contributed by atoms with Crippen LogP contribution < -0.4 is 5.56 Å². The highest BCUT2D eigenvalue weighted by molar-refractivity contribution is 7.98. The predicted octanol–water partition coefficient (Wildman–Crippen LogP) is 6.57. The molecular formula is C26H21F3N4OS2. The fraction of sp³-hybridized carbons (Fsp3) is 0.269. The maximum Gasteiger partial charge on any atom is 0.416 e. The first kappa shape index (κ1) is 23.3. The number of aryl methyl sites for hydroxylation is 2. The second-order valence-electron chi connectivity index (χ2n) is 8.86. The molecule has 0 amide bonds. The van der Waals surface area contributed by atoms with E-state index in [1.54, 1.807) is 11.3 Å². The van der Waals surface area contributed by atoms with Crippen LogP contribution in [0.1, 0.15) is 40.2 Å². The Bertz CT molecular complexity index is 1640. The fourth-order valence-corrected chi connectivity index (χ4v) is 6.89. The van der Waals surface area contributed by atoms with E-state index in [2.05, 4.69) is 9.97 Å². The van der Waals surface area contributed by atoms with Gasteiger partial charge in [0.15, 0.2) is 5.16 Å². The van der Waals surface area contributed by atoms with Crippen LogP contribution in [0, 0.1) is 0 Å². The lowest BCUT2D eigenvalue weighted by molar-refractivity contribution is -0.137.